The van der Waals surface area contributed by atoms with Crippen molar-refractivity contribution in [3.63, 3.8) is 0 Å². The van der Waals surface area contributed by atoms with Crippen molar-refractivity contribution in [1.29, 1.82) is 0 Å². The number of carbonyl (C=O) groups is 1. The summed E-state index contributed by atoms with van der Waals surface area (Å²) in [7, 11) is 0. The smallest absolute Gasteiger partial charge is 0.160 e. The maximum absolute atomic E-state index is 11.6. The second kappa shape index (κ2) is 5.87. The number of Topliss-reactive ketones (excluding diaryl/α,β-unsaturated/α-hetero) is 1. The molecule has 2 rings (SSSR count). The van der Waals surface area contributed by atoms with Gasteiger partial charge in [-0.2, -0.15) is 0 Å². The monoisotopic (exact) mass is 341 g/mol. The zero-order valence-electron chi connectivity index (χ0n) is 9.48. The number of ketones is 1. The molecular weight excluding hydrogens is 334 g/mol. The van der Waals surface area contributed by atoms with Crippen LogP contribution in [0.15, 0.2) is 50.9 Å². The molecule has 0 radical (unpaired) electrons. The zero-order chi connectivity index (χ0) is 13.1. The number of nitrogens with zero attached hydrogens (tertiary/aromatic N) is 1. The van der Waals surface area contributed by atoms with Crippen LogP contribution < -0.4 is 0 Å². The summed E-state index contributed by atoms with van der Waals surface area (Å²) in [4.78, 5) is 16.7. The maximum Gasteiger partial charge on any atom is 0.160 e. The number of rotatable bonds is 3. The first kappa shape index (κ1) is 13.6. The lowest BCUT2D eigenvalue weighted by molar-refractivity contribution is 0.101. The SMILES string of the molecule is CC(=O)c1cc(Br)ccc1Sc1ccc(Cl)cn1. The average molecular weight is 343 g/mol. The molecule has 2 aromatic rings. The third-order valence-corrected chi connectivity index (χ3v) is 3.98. The highest BCUT2D eigenvalue weighted by Gasteiger charge is 2.10. The molecule has 0 amide bonds. The van der Waals surface area contributed by atoms with E-state index in [0.717, 1.165) is 14.4 Å². The highest BCUT2D eigenvalue weighted by atomic mass is 79.9. The lowest BCUT2D eigenvalue weighted by atomic mass is 10.1. The largest absolute Gasteiger partial charge is 0.294 e. The van der Waals surface area contributed by atoms with E-state index in [-0.39, 0.29) is 5.78 Å². The lowest BCUT2D eigenvalue weighted by Gasteiger charge is -2.06. The molecule has 0 atom stereocenters. The van der Waals surface area contributed by atoms with Crippen LogP contribution in [-0.4, -0.2) is 10.8 Å². The van der Waals surface area contributed by atoms with Crippen LogP contribution in [0.4, 0.5) is 0 Å². The minimum atomic E-state index is 0.0350. The molecule has 0 spiro atoms. The Balaban J connectivity index is 2.34. The molecule has 18 heavy (non-hydrogen) atoms. The van der Waals surface area contributed by atoms with Gasteiger partial charge in [-0.25, -0.2) is 4.98 Å². The molecule has 0 aliphatic heterocycles. The molecule has 0 saturated carbocycles. The van der Waals surface area contributed by atoms with Gasteiger partial charge in [0, 0.05) is 21.1 Å². The van der Waals surface area contributed by atoms with Gasteiger partial charge in [-0.1, -0.05) is 39.3 Å². The van der Waals surface area contributed by atoms with Gasteiger partial charge < -0.3 is 0 Å². The molecule has 1 heterocycles. The number of carbonyl (C=O) groups excluding carboxylic acids is 1. The zero-order valence-corrected chi connectivity index (χ0v) is 12.6. The van der Waals surface area contributed by atoms with Crippen molar-refractivity contribution < 1.29 is 4.79 Å². The number of halogens is 2. The van der Waals surface area contributed by atoms with Crippen LogP contribution >= 0.6 is 39.3 Å². The molecule has 0 aliphatic rings. The topological polar surface area (TPSA) is 30.0 Å². The van der Waals surface area contributed by atoms with Crippen molar-refractivity contribution in [2.75, 3.05) is 0 Å². The predicted octanol–water partition coefficient (Wildman–Crippen LogP) is 4.85. The van der Waals surface area contributed by atoms with Gasteiger partial charge in [-0.15, -0.1) is 0 Å². The van der Waals surface area contributed by atoms with E-state index >= 15 is 0 Å². The first-order chi connectivity index (χ1) is 8.56. The molecule has 0 unspecified atom stereocenters. The first-order valence-corrected chi connectivity index (χ1v) is 7.15. The van der Waals surface area contributed by atoms with Crippen LogP contribution in [0.1, 0.15) is 17.3 Å². The molecule has 1 aromatic heterocycles. The van der Waals surface area contributed by atoms with E-state index in [2.05, 4.69) is 20.9 Å². The van der Waals surface area contributed by atoms with Gasteiger partial charge in [0.25, 0.3) is 0 Å². The fraction of sp³-hybridized carbons (Fsp3) is 0.0769. The normalized spacial score (nSPS) is 10.4. The number of hydrogen-bond donors (Lipinski definition) is 0. The molecule has 92 valence electrons. The van der Waals surface area contributed by atoms with Crippen molar-refractivity contribution in [3.05, 3.63) is 51.6 Å². The van der Waals surface area contributed by atoms with Crippen molar-refractivity contribution in [2.24, 2.45) is 0 Å². The van der Waals surface area contributed by atoms with Crippen LogP contribution in [0.2, 0.25) is 5.02 Å². The molecule has 0 fully saturated rings. The molecule has 2 nitrogen and oxygen atoms in total. The van der Waals surface area contributed by atoms with Crippen molar-refractivity contribution >= 4 is 45.1 Å². The van der Waals surface area contributed by atoms with Crippen LogP contribution in [0.3, 0.4) is 0 Å². The van der Waals surface area contributed by atoms with Gasteiger partial charge >= 0.3 is 0 Å². The standard InChI is InChI=1S/C13H9BrClNOS/c1-8(17)11-6-9(14)2-4-12(11)18-13-5-3-10(15)7-16-13/h2-7H,1H3. The van der Waals surface area contributed by atoms with E-state index in [1.165, 1.54) is 11.8 Å². The molecule has 1 aromatic carbocycles. The highest BCUT2D eigenvalue weighted by Crippen LogP contribution is 2.31. The lowest BCUT2D eigenvalue weighted by Crippen LogP contribution is -1.95. The second-order valence-electron chi connectivity index (χ2n) is 3.61. The van der Waals surface area contributed by atoms with Gasteiger partial charge in [0.1, 0.15) is 5.03 Å². The van der Waals surface area contributed by atoms with Crippen LogP contribution in [-0.2, 0) is 0 Å². The summed E-state index contributed by atoms with van der Waals surface area (Å²) in [5, 5.41) is 1.41. The third-order valence-electron chi connectivity index (χ3n) is 2.24. The molecule has 5 heteroatoms. The Morgan fingerprint density at radius 1 is 1.33 bits per heavy atom. The Kier molecular flexibility index (Phi) is 4.43. The summed E-state index contributed by atoms with van der Waals surface area (Å²) >= 11 is 10.6. The Labute approximate surface area is 123 Å². The fourth-order valence-electron chi connectivity index (χ4n) is 1.40. The van der Waals surface area contributed by atoms with E-state index in [9.17, 15) is 4.79 Å². The van der Waals surface area contributed by atoms with Gasteiger partial charge in [-0.05, 0) is 37.3 Å². The van der Waals surface area contributed by atoms with Crippen molar-refractivity contribution in [1.82, 2.24) is 4.98 Å². The first-order valence-electron chi connectivity index (χ1n) is 5.16. The molecule has 0 N–H and O–H groups in total. The van der Waals surface area contributed by atoms with E-state index in [1.807, 2.05) is 24.3 Å². The Morgan fingerprint density at radius 3 is 2.72 bits per heavy atom. The molecule has 0 saturated heterocycles. The van der Waals surface area contributed by atoms with E-state index < -0.39 is 0 Å². The number of pyridine rings is 1. The Morgan fingerprint density at radius 2 is 2.11 bits per heavy atom. The van der Waals surface area contributed by atoms with Gasteiger partial charge in [0.2, 0.25) is 0 Å². The number of hydrogen-bond acceptors (Lipinski definition) is 3. The number of aromatic nitrogens is 1. The average Bonchev–Trinajstić information content (AvgIpc) is 2.34. The summed E-state index contributed by atoms with van der Waals surface area (Å²) in [5.74, 6) is 0.0350. The fourth-order valence-corrected chi connectivity index (χ4v) is 2.79. The summed E-state index contributed by atoms with van der Waals surface area (Å²) in [6.07, 6.45) is 1.59. The van der Waals surface area contributed by atoms with Crippen molar-refractivity contribution in [2.45, 2.75) is 16.8 Å². The van der Waals surface area contributed by atoms with E-state index in [4.69, 9.17) is 11.6 Å². The van der Waals surface area contributed by atoms with E-state index in [1.54, 1.807) is 19.2 Å². The van der Waals surface area contributed by atoms with Gasteiger partial charge in [0.05, 0.1) is 5.02 Å². The summed E-state index contributed by atoms with van der Waals surface area (Å²) < 4.78 is 0.890. The van der Waals surface area contributed by atoms with Gasteiger partial charge in [0.15, 0.2) is 5.78 Å². The summed E-state index contributed by atoms with van der Waals surface area (Å²) in [5.41, 5.74) is 0.686. The second-order valence-corrected chi connectivity index (χ2v) is 6.03. The van der Waals surface area contributed by atoms with Gasteiger partial charge in [-0.3, -0.25) is 4.79 Å². The van der Waals surface area contributed by atoms with Crippen LogP contribution in [0.25, 0.3) is 0 Å². The molecule has 0 aliphatic carbocycles. The quantitative estimate of drug-likeness (QED) is 0.747. The minimum Gasteiger partial charge on any atom is -0.294 e. The number of benzene rings is 1. The summed E-state index contributed by atoms with van der Waals surface area (Å²) in [6, 6.07) is 9.25. The Hall–Kier alpha value is -0.840. The maximum atomic E-state index is 11.6. The predicted molar refractivity (Wildman–Crippen MR) is 77.5 cm³/mol. The Bertz CT molecular complexity index is 586. The van der Waals surface area contributed by atoms with E-state index in [0.29, 0.717) is 10.6 Å². The summed E-state index contributed by atoms with van der Waals surface area (Å²) in [6.45, 7) is 1.56. The van der Waals surface area contributed by atoms with Crippen LogP contribution in [0, 0.1) is 0 Å². The van der Waals surface area contributed by atoms with Crippen molar-refractivity contribution in [3.8, 4) is 0 Å². The molecular formula is C13H9BrClNOS. The van der Waals surface area contributed by atoms with Crippen LogP contribution in [0.5, 0.6) is 0 Å². The molecule has 0 bridgehead atoms. The highest BCUT2D eigenvalue weighted by molar-refractivity contribution is 9.10. The minimum absolute atomic E-state index is 0.0350. The third kappa shape index (κ3) is 3.34.